The molecule has 0 aromatic heterocycles. The van der Waals surface area contributed by atoms with Crippen LogP contribution in [0.1, 0.15) is 54.1 Å². The second-order valence-corrected chi connectivity index (χ2v) is 7.14. The highest BCUT2D eigenvalue weighted by Crippen LogP contribution is 2.26. The summed E-state index contributed by atoms with van der Waals surface area (Å²) in [7, 11) is 0. The molecular weight excluding hydrogens is 354 g/mol. The van der Waals surface area contributed by atoms with Gasteiger partial charge in [-0.15, -0.1) is 0 Å². The third kappa shape index (κ3) is 4.66. The monoisotopic (exact) mass is 381 g/mol. The maximum atomic E-state index is 12.6. The number of ketones is 1. The molecule has 0 bridgehead atoms. The van der Waals surface area contributed by atoms with Crippen LogP contribution in [-0.2, 0) is 9.53 Å². The van der Waals surface area contributed by atoms with Gasteiger partial charge in [0.2, 0.25) is 5.78 Å². The normalized spacial score (nSPS) is 10.5. The summed E-state index contributed by atoms with van der Waals surface area (Å²) in [5.74, 6) is -1.24. The number of carbonyl (C=O) groups is 3. The SMILES string of the molecule is Cc1cccc(C(=O)NCC(=O)OCC(=O)c2c(C)c(C)c(C)c(C)c2C)c1. The molecule has 0 spiro atoms. The predicted octanol–water partition coefficient (Wildman–Crippen LogP) is 3.69. The van der Waals surface area contributed by atoms with E-state index in [2.05, 4.69) is 5.32 Å². The van der Waals surface area contributed by atoms with Crippen molar-refractivity contribution in [2.45, 2.75) is 41.5 Å². The molecule has 0 radical (unpaired) electrons. The van der Waals surface area contributed by atoms with Crippen molar-refractivity contribution < 1.29 is 19.1 Å². The van der Waals surface area contributed by atoms with Gasteiger partial charge < -0.3 is 10.1 Å². The zero-order valence-corrected chi connectivity index (χ0v) is 17.4. The van der Waals surface area contributed by atoms with Crippen LogP contribution in [0.15, 0.2) is 24.3 Å². The first-order valence-electron chi connectivity index (χ1n) is 9.24. The Hall–Kier alpha value is -2.95. The average molecular weight is 381 g/mol. The molecule has 1 N–H and O–H groups in total. The van der Waals surface area contributed by atoms with Crippen molar-refractivity contribution in [3.63, 3.8) is 0 Å². The number of hydrogen-bond acceptors (Lipinski definition) is 4. The molecule has 28 heavy (non-hydrogen) atoms. The van der Waals surface area contributed by atoms with Gasteiger partial charge in [0.05, 0.1) is 0 Å². The first-order chi connectivity index (χ1) is 13.1. The van der Waals surface area contributed by atoms with E-state index in [-0.39, 0.29) is 24.8 Å². The summed E-state index contributed by atoms with van der Waals surface area (Å²) in [5.41, 5.74) is 7.17. The molecule has 0 fully saturated rings. The van der Waals surface area contributed by atoms with Crippen molar-refractivity contribution in [2.24, 2.45) is 0 Å². The van der Waals surface area contributed by atoms with E-state index in [1.807, 2.05) is 47.6 Å². The second-order valence-electron chi connectivity index (χ2n) is 7.14. The first kappa shape index (κ1) is 21.4. The summed E-state index contributed by atoms with van der Waals surface area (Å²) >= 11 is 0. The molecular formula is C23H27NO4. The van der Waals surface area contributed by atoms with Crippen molar-refractivity contribution in [2.75, 3.05) is 13.2 Å². The van der Waals surface area contributed by atoms with Crippen LogP contribution >= 0.6 is 0 Å². The molecule has 2 rings (SSSR count). The molecule has 0 unspecified atom stereocenters. The van der Waals surface area contributed by atoms with Gasteiger partial charge in [-0.1, -0.05) is 17.7 Å². The van der Waals surface area contributed by atoms with Crippen LogP contribution in [0.2, 0.25) is 0 Å². The number of aryl methyl sites for hydroxylation is 1. The van der Waals surface area contributed by atoms with Crippen LogP contribution in [-0.4, -0.2) is 30.8 Å². The predicted molar refractivity (Wildman–Crippen MR) is 109 cm³/mol. The lowest BCUT2D eigenvalue weighted by molar-refractivity contribution is -0.141. The van der Waals surface area contributed by atoms with Crippen molar-refractivity contribution in [3.8, 4) is 0 Å². The highest BCUT2D eigenvalue weighted by molar-refractivity contribution is 6.01. The minimum Gasteiger partial charge on any atom is -0.456 e. The van der Waals surface area contributed by atoms with Crippen molar-refractivity contribution in [3.05, 3.63) is 68.8 Å². The van der Waals surface area contributed by atoms with E-state index >= 15 is 0 Å². The highest BCUT2D eigenvalue weighted by Gasteiger charge is 2.19. The Morgan fingerprint density at radius 3 is 2.00 bits per heavy atom. The molecule has 0 saturated heterocycles. The van der Waals surface area contributed by atoms with Crippen molar-refractivity contribution in [1.29, 1.82) is 0 Å². The molecule has 0 heterocycles. The van der Waals surface area contributed by atoms with E-state index in [0.717, 1.165) is 27.8 Å². The minimum atomic E-state index is -0.648. The Kier molecular flexibility index (Phi) is 6.73. The molecule has 0 saturated carbocycles. The molecule has 1 amide bonds. The molecule has 5 nitrogen and oxygen atoms in total. The maximum absolute atomic E-state index is 12.6. The number of carbonyl (C=O) groups excluding carboxylic acids is 3. The van der Waals surface area contributed by atoms with Gasteiger partial charge in [0.15, 0.2) is 6.61 Å². The van der Waals surface area contributed by atoms with Crippen LogP contribution in [0.4, 0.5) is 0 Å². The van der Waals surface area contributed by atoms with Gasteiger partial charge in [-0.2, -0.15) is 0 Å². The fourth-order valence-corrected chi connectivity index (χ4v) is 3.23. The summed E-state index contributed by atoms with van der Waals surface area (Å²) in [5, 5.41) is 2.51. The van der Waals surface area contributed by atoms with Crippen LogP contribution in [0, 0.1) is 41.5 Å². The van der Waals surface area contributed by atoms with Gasteiger partial charge in [0, 0.05) is 11.1 Å². The number of nitrogens with one attached hydrogen (secondary N) is 1. The lowest BCUT2D eigenvalue weighted by Crippen LogP contribution is -2.31. The number of benzene rings is 2. The number of hydrogen-bond donors (Lipinski definition) is 1. The fraction of sp³-hybridized carbons (Fsp3) is 0.348. The van der Waals surface area contributed by atoms with Crippen LogP contribution in [0.25, 0.3) is 0 Å². The zero-order valence-electron chi connectivity index (χ0n) is 17.4. The topological polar surface area (TPSA) is 72.5 Å². The lowest BCUT2D eigenvalue weighted by atomic mass is 9.88. The standard InChI is InChI=1S/C23H27NO4/c1-13-8-7-9-19(10-13)23(27)24-11-21(26)28-12-20(25)22-17(5)15(3)14(2)16(4)18(22)6/h7-10H,11-12H2,1-6H3,(H,24,27). The molecule has 0 aliphatic heterocycles. The smallest absolute Gasteiger partial charge is 0.325 e. The molecule has 148 valence electrons. The number of amides is 1. The van der Waals surface area contributed by atoms with Crippen molar-refractivity contribution >= 4 is 17.7 Å². The summed E-state index contributed by atoms with van der Waals surface area (Å²) in [6, 6.07) is 7.06. The molecule has 5 heteroatoms. The number of rotatable bonds is 6. The van der Waals surface area contributed by atoms with E-state index in [4.69, 9.17) is 4.74 Å². The summed E-state index contributed by atoms with van der Waals surface area (Å²) in [6.45, 7) is 11.1. The van der Waals surface area contributed by atoms with Gasteiger partial charge in [-0.25, -0.2) is 0 Å². The van der Waals surface area contributed by atoms with Gasteiger partial charge in [0.1, 0.15) is 6.54 Å². The highest BCUT2D eigenvalue weighted by atomic mass is 16.5. The summed E-state index contributed by atoms with van der Waals surface area (Å²) in [4.78, 5) is 36.7. The van der Waals surface area contributed by atoms with E-state index in [0.29, 0.717) is 11.1 Å². The maximum Gasteiger partial charge on any atom is 0.325 e. The zero-order chi connectivity index (χ0) is 21.0. The van der Waals surface area contributed by atoms with Gasteiger partial charge >= 0.3 is 5.97 Å². The molecule has 2 aromatic carbocycles. The van der Waals surface area contributed by atoms with E-state index < -0.39 is 5.97 Å². The van der Waals surface area contributed by atoms with Crippen LogP contribution < -0.4 is 5.32 Å². The molecule has 0 aliphatic rings. The quantitative estimate of drug-likeness (QED) is 0.612. The Balaban J connectivity index is 1.96. The average Bonchev–Trinajstić information content (AvgIpc) is 2.67. The van der Waals surface area contributed by atoms with E-state index in [1.54, 1.807) is 18.2 Å². The lowest BCUT2D eigenvalue weighted by Gasteiger charge is -2.17. The minimum absolute atomic E-state index is 0.237. The summed E-state index contributed by atoms with van der Waals surface area (Å²) in [6.07, 6.45) is 0. The van der Waals surface area contributed by atoms with Crippen LogP contribution in [0.3, 0.4) is 0 Å². The number of esters is 1. The molecule has 0 aliphatic carbocycles. The Bertz CT molecular complexity index is 915. The Morgan fingerprint density at radius 2 is 1.43 bits per heavy atom. The van der Waals surface area contributed by atoms with E-state index in [1.165, 1.54) is 5.56 Å². The fourth-order valence-electron chi connectivity index (χ4n) is 3.23. The third-order valence-corrected chi connectivity index (χ3v) is 5.32. The third-order valence-electron chi connectivity index (χ3n) is 5.32. The number of ether oxygens (including phenoxy) is 1. The first-order valence-corrected chi connectivity index (χ1v) is 9.24. The van der Waals surface area contributed by atoms with Crippen LogP contribution in [0.5, 0.6) is 0 Å². The summed E-state index contributed by atoms with van der Waals surface area (Å²) < 4.78 is 5.09. The van der Waals surface area contributed by atoms with Gasteiger partial charge in [0.25, 0.3) is 5.91 Å². The Labute approximate surface area is 166 Å². The largest absolute Gasteiger partial charge is 0.456 e. The Morgan fingerprint density at radius 1 is 0.857 bits per heavy atom. The molecule has 2 aromatic rings. The van der Waals surface area contributed by atoms with Gasteiger partial charge in [-0.3, -0.25) is 14.4 Å². The molecule has 0 atom stereocenters. The number of Topliss-reactive ketones (excluding diaryl/α,β-unsaturated/α-hetero) is 1. The van der Waals surface area contributed by atoms with Gasteiger partial charge in [-0.05, 0) is 81.5 Å². The second kappa shape index (κ2) is 8.83. The van der Waals surface area contributed by atoms with Crippen molar-refractivity contribution in [1.82, 2.24) is 5.32 Å². The van der Waals surface area contributed by atoms with E-state index in [9.17, 15) is 14.4 Å².